The molecule has 1 aromatic heterocycles. The van der Waals surface area contributed by atoms with Crippen molar-refractivity contribution in [3.8, 4) is 0 Å². The SMILES string of the molecule is O=C1c2cncc(Br)c2CN1c1ccc(F)cc1. The second kappa shape index (κ2) is 4.17. The predicted molar refractivity (Wildman–Crippen MR) is 68.9 cm³/mol. The fourth-order valence-electron chi connectivity index (χ4n) is 2.01. The van der Waals surface area contributed by atoms with Crippen LogP contribution in [0.1, 0.15) is 15.9 Å². The molecule has 0 atom stereocenters. The van der Waals surface area contributed by atoms with Gasteiger partial charge in [-0.3, -0.25) is 9.78 Å². The van der Waals surface area contributed by atoms with Crippen LogP contribution in [-0.4, -0.2) is 10.9 Å². The lowest BCUT2D eigenvalue weighted by Crippen LogP contribution is -2.22. The molecule has 1 aromatic carbocycles. The van der Waals surface area contributed by atoms with E-state index in [9.17, 15) is 9.18 Å². The third-order valence-corrected chi connectivity index (χ3v) is 3.62. The van der Waals surface area contributed by atoms with Crippen molar-refractivity contribution in [1.82, 2.24) is 4.98 Å². The maximum Gasteiger partial charge on any atom is 0.260 e. The van der Waals surface area contributed by atoms with Gasteiger partial charge < -0.3 is 4.90 Å². The highest BCUT2D eigenvalue weighted by atomic mass is 79.9. The highest BCUT2D eigenvalue weighted by Gasteiger charge is 2.30. The molecule has 3 nitrogen and oxygen atoms in total. The zero-order valence-electron chi connectivity index (χ0n) is 9.23. The molecule has 0 N–H and O–H groups in total. The largest absolute Gasteiger partial charge is 0.304 e. The lowest BCUT2D eigenvalue weighted by atomic mass is 10.2. The molecule has 0 unspecified atom stereocenters. The van der Waals surface area contributed by atoms with E-state index >= 15 is 0 Å². The Kier molecular flexibility index (Phi) is 2.63. The van der Waals surface area contributed by atoms with Crippen molar-refractivity contribution in [2.24, 2.45) is 0 Å². The minimum atomic E-state index is -0.314. The van der Waals surface area contributed by atoms with Crippen molar-refractivity contribution >= 4 is 27.5 Å². The summed E-state index contributed by atoms with van der Waals surface area (Å²) in [5, 5.41) is 0. The van der Waals surface area contributed by atoms with Crippen molar-refractivity contribution in [2.45, 2.75) is 6.54 Å². The Morgan fingerprint density at radius 2 is 1.94 bits per heavy atom. The number of pyridine rings is 1. The minimum absolute atomic E-state index is 0.106. The smallest absolute Gasteiger partial charge is 0.260 e. The number of halogens is 2. The standard InChI is InChI=1S/C13H8BrFN2O/c14-12-6-16-5-10-11(12)7-17(13(10)18)9-3-1-8(15)2-4-9/h1-6H,7H2. The first-order valence-corrected chi connectivity index (χ1v) is 6.16. The number of benzene rings is 1. The molecule has 0 saturated heterocycles. The van der Waals surface area contributed by atoms with Gasteiger partial charge in [0.05, 0.1) is 12.1 Å². The summed E-state index contributed by atoms with van der Waals surface area (Å²) in [5.74, 6) is -0.420. The van der Waals surface area contributed by atoms with Gasteiger partial charge in [0.1, 0.15) is 5.82 Å². The summed E-state index contributed by atoms with van der Waals surface area (Å²) in [6.07, 6.45) is 3.23. The lowest BCUT2D eigenvalue weighted by molar-refractivity contribution is 0.0996. The number of hydrogen-bond donors (Lipinski definition) is 0. The van der Waals surface area contributed by atoms with E-state index in [1.807, 2.05) is 0 Å². The van der Waals surface area contributed by atoms with Crippen molar-refractivity contribution in [1.29, 1.82) is 0 Å². The summed E-state index contributed by atoms with van der Waals surface area (Å²) in [4.78, 5) is 17.8. The molecular formula is C13H8BrFN2O. The Hall–Kier alpha value is -1.75. The molecule has 1 aliphatic heterocycles. The van der Waals surface area contributed by atoms with Gasteiger partial charge in [0, 0.05) is 28.1 Å². The minimum Gasteiger partial charge on any atom is -0.304 e. The second-order valence-electron chi connectivity index (χ2n) is 4.02. The number of aromatic nitrogens is 1. The molecule has 0 fully saturated rings. The topological polar surface area (TPSA) is 33.2 Å². The van der Waals surface area contributed by atoms with Gasteiger partial charge in [0.25, 0.3) is 5.91 Å². The van der Waals surface area contributed by atoms with Crippen molar-refractivity contribution in [2.75, 3.05) is 4.90 Å². The Balaban J connectivity index is 2.02. The Labute approximate surface area is 111 Å². The quantitative estimate of drug-likeness (QED) is 0.811. The molecule has 0 bridgehead atoms. The number of anilines is 1. The van der Waals surface area contributed by atoms with Crippen LogP contribution in [0.4, 0.5) is 10.1 Å². The van der Waals surface area contributed by atoms with Crippen LogP contribution < -0.4 is 4.90 Å². The molecule has 3 rings (SSSR count). The van der Waals surface area contributed by atoms with Crippen molar-refractivity contribution in [3.63, 3.8) is 0 Å². The Morgan fingerprint density at radius 1 is 1.22 bits per heavy atom. The van der Waals surface area contributed by atoms with E-state index in [-0.39, 0.29) is 11.7 Å². The third-order valence-electron chi connectivity index (χ3n) is 2.94. The maximum atomic E-state index is 12.9. The molecular weight excluding hydrogens is 299 g/mol. The Morgan fingerprint density at radius 3 is 2.61 bits per heavy atom. The van der Waals surface area contributed by atoms with Crippen LogP contribution in [0, 0.1) is 5.82 Å². The number of hydrogen-bond acceptors (Lipinski definition) is 2. The van der Waals surface area contributed by atoms with E-state index in [1.165, 1.54) is 12.1 Å². The number of carbonyl (C=O) groups excluding carboxylic acids is 1. The van der Waals surface area contributed by atoms with Gasteiger partial charge in [0.2, 0.25) is 0 Å². The summed E-state index contributed by atoms with van der Waals surface area (Å²) in [6.45, 7) is 0.475. The summed E-state index contributed by atoms with van der Waals surface area (Å²) < 4.78 is 13.7. The summed E-state index contributed by atoms with van der Waals surface area (Å²) in [5.41, 5.74) is 2.19. The van der Waals surface area contributed by atoms with E-state index in [2.05, 4.69) is 20.9 Å². The molecule has 1 amide bonds. The molecule has 5 heteroatoms. The first-order chi connectivity index (χ1) is 8.66. The van der Waals surface area contributed by atoms with E-state index in [0.717, 1.165) is 10.0 Å². The average Bonchev–Trinajstić information content (AvgIpc) is 2.70. The fourth-order valence-corrected chi connectivity index (χ4v) is 2.47. The second-order valence-corrected chi connectivity index (χ2v) is 4.87. The molecule has 18 heavy (non-hydrogen) atoms. The van der Waals surface area contributed by atoms with Gasteiger partial charge in [-0.1, -0.05) is 0 Å². The average molecular weight is 307 g/mol. The van der Waals surface area contributed by atoms with Crippen LogP contribution in [0.3, 0.4) is 0 Å². The number of rotatable bonds is 1. The molecule has 0 radical (unpaired) electrons. The van der Waals surface area contributed by atoms with E-state index < -0.39 is 0 Å². The fraction of sp³-hybridized carbons (Fsp3) is 0.0769. The van der Waals surface area contributed by atoms with Crippen LogP contribution in [0.2, 0.25) is 0 Å². The van der Waals surface area contributed by atoms with E-state index in [1.54, 1.807) is 29.4 Å². The molecule has 90 valence electrons. The molecule has 2 aromatic rings. The van der Waals surface area contributed by atoms with E-state index in [4.69, 9.17) is 0 Å². The van der Waals surface area contributed by atoms with Crippen molar-refractivity contribution in [3.05, 3.63) is 58.1 Å². The molecule has 0 aliphatic carbocycles. The van der Waals surface area contributed by atoms with Gasteiger partial charge in [-0.25, -0.2) is 4.39 Å². The number of nitrogens with zero attached hydrogens (tertiary/aromatic N) is 2. The zero-order valence-corrected chi connectivity index (χ0v) is 10.8. The summed E-state index contributed by atoms with van der Waals surface area (Å²) in [7, 11) is 0. The highest BCUT2D eigenvalue weighted by molar-refractivity contribution is 9.10. The van der Waals surface area contributed by atoms with Crippen LogP contribution >= 0.6 is 15.9 Å². The number of carbonyl (C=O) groups is 1. The summed E-state index contributed by atoms with van der Waals surface area (Å²) >= 11 is 3.39. The van der Waals surface area contributed by atoms with Crippen LogP contribution in [0.5, 0.6) is 0 Å². The van der Waals surface area contributed by atoms with Crippen molar-refractivity contribution < 1.29 is 9.18 Å². The first kappa shape index (κ1) is 11.3. The van der Waals surface area contributed by atoms with Gasteiger partial charge in [-0.05, 0) is 40.2 Å². The predicted octanol–water partition coefficient (Wildman–Crippen LogP) is 3.14. The van der Waals surface area contributed by atoms with E-state index in [0.29, 0.717) is 17.8 Å². The zero-order chi connectivity index (χ0) is 12.7. The lowest BCUT2D eigenvalue weighted by Gasteiger charge is -2.15. The molecule has 0 spiro atoms. The first-order valence-electron chi connectivity index (χ1n) is 5.36. The van der Waals surface area contributed by atoms with Gasteiger partial charge in [0.15, 0.2) is 0 Å². The van der Waals surface area contributed by atoms with Gasteiger partial charge >= 0.3 is 0 Å². The van der Waals surface area contributed by atoms with Crippen LogP contribution in [-0.2, 0) is 6.54 Å². The Bertz CT molecular complexity index is 627. The number of amides is 1. The van der Waals surface area contributed by atoms with Crippen LogP contribution in [0.15, 0.2) is 41.1 Å². The molecule has 1 aliphatic rings. The third kappa shape index (κ3) is 1.71. The molecule has 2 heterocycles. The highest BCUT2D eigenvalue weighted by Crippen LogP contribution is 2.31. The normalized spacial score (nSPS) is 13.9. The molecule has 0 saturated carbocycles. The number of fused-ring (bicyclic) bond motifs is 1. The van der Waals surface area contributed by atoms with Gasteiger partial charge in [-0.15, -0.1) is 0 Å². The summed E-state index contributed by atoms with van der Waals surface area (Å²) in [6, 6.07) is 5.89. The van der Waals surface area contributed by atoms with Crippen LogP contribution in [0.25, 0.3) is 0 Å². The van der Waals surface area contributed by atoms with Gasteiger partial charge in [-0.2, -0.15) is 0 Å². The monoisotopic (exact) mass is 306 g/mol. The maximum absolute atomic E-state index is 12.9.